The van der Waals surface area contributed by atoms with Gasteiger partial charge in [-0.25, -0.2) is 0 Å². The van der Waals surface area contributed by atoms with E-state index >= 15 is 0 Å². The molecule has 0 aromatic heterocycles. The summed E-state index contributed by atoms with van der Waals surface area (Å²) in [6.07, 6.45) is -3.97. The Kier molecular flexibility index (Phi) is 7.18. The van der Waals surface area contributed by atoms with E-state index in [-0.39, 0.29) is 19.7 Å². The van der Waals surface area contributed by atoms with Crippen LogP contribution in [0.15, 0.2) is 0 Å². The Labute approximate surface area is 93.3 Å². The second-order valence-corrected chi connectivity index (χ2v) is 3.73. The number of carboxylic acid groups (broad SMARTS) is 1. The molecule has 4 atom stereocenters. The van der Waals surface area contributed by atoms with Gasteiger partial charge in [0.15, 0.2) is 0 Å². The van der Waals surface area contributed by atoms with E-state index < -0.39 is 30.2 Å². The molecule has 0 aliphatic heterocycles. The second-order valence-electron chi connectivity index (χ2n) is 3.73. The third kappa shape index (κ3) is 5.38. The van der Waals surface area contributed by atoms with Crippen LogP contribution in [0.3, 0.4) is 0 Å². The molecular weight excluding hydrogens is 218 g/mol. The maximum Gasteiger partial charge on any atom is 0.317 e. The van der Waals surface area contributed by atoms with Crippen molar-refractivity contribution in [3.63, 3.8) is 0 Å². The molecule has 0 aromatic rings. The molecule has 0 fully saturated rings. The summed E-state index contributed by atoms with van der Waals surface area (Å²) >= 11 is 0. The summed E-state index contributed by atoms with van der Waals surface area (Å²) in [5.41, 5.74) is 0. The van der Waals surface area contributed by atoms with Gasteiger partial charge < -0.3 is 30.8 Å². The molecule has 96 valence electrons. The standard InChI is InChI=1S/C9H19NO6/c1-5(4-11)8(15)9(16)6(12)2-10-3-7(13)14/h5-6,8-12,15-16H,2-4H2,1H3,(H,13,14)/t5-,6+,8-,9-/m1/s1. The van der Waals surface area contributed by atoms with E-state index in [1.165, 1.54) is 6.92 Å². The number of aliphatic hydroxyl groups is 4. The molecule has 7 heteroatoms. The molecule has 0 radical (unpaired) electrons. The number of aliphatic carboxylic acids is 1. The van der Waals surface area contributed by atoms with Crippen molar-refractivity contribution in [3.8, 4) is 0 Å². The lowest BCUT2D eigenvalue weighted by molar-refractivity contribution is -0.136. The van der Waals surface area contributed by atoms with Gasteiger partial charge in [-0.05, 0) is 0 Å². The molecule has 0 amide bonds. The van der Waals surface area contributed by atoms with E-state index in [1.54, 1.807) is 0 Å². The smallest absolute Gasteiger partial charge is 0.317 e. The zero-order valence-electron chi connectivity index (χ0n) is 9.08. The monoisotopic (exact) mass is 237 g/mol. The summed E-state index contributed by atoms with van der Waals surface area (Å²) in [6, 6.07) is 0. The number of carbonyl (C=O) groups is 1. The number of carboxylic acids is 1. The Morgan fingerprint density at radius 2 is 1.81 bits per heavy atom. The number of hydrogen-bond donors (Lipinski definition) is 6. The van der Waals surface area contributed by atoms with Crippen LogP contribution in [0.1, 0.15) is 6.92 Å². The molecule has 0 bridgehead atoms. The number of aliphatic hydroxyl groups excluding tert-OH is 4. The molecule has 7 nitrogen and oxygen atoms in total. The molecule has 0 saturated heterocycles. The highest BCUT2D eigenvalue weighted by Gasteiger charge is 2.28. The van der Waals surface area contributed by atoms with Crippen molar-refractivity contribution >= 4 is 5.97 Å². The SMILES string of the molecule is C[C@H](CO)[C@@H](O)[C@H](O)[C@@H](O)CNCC(=O)O. The van der Waals surface area contributed by atoms with Crippen LogP contribution in [0.25, 0.3) is 0 Å². The van der Waals surface area contributed by atoms with Gasteiger partial charge in [0.2, 0.25) is 0 Å². The van der Waals surface area contributed by atoms with Gasteiger partial charge in [0.25, 0.3) is 0 Å². The molecule has 0 unspecified atom stereocenters. The third-order valence-electron chi connectivity index (χ3n) is 2.24. The van der Waals surface area contributed by atoms with Crippen LogP contribution < -0.4 is 5.32 Å². The first kappa shape index (κ1) is 15.3. The van der Waals surface area contributed by atoms with E-state index in [4.69, 9.17) is 10.2 Å². The number of hydrogen-bond acceptors (Lipinski definition) is 6. The first-order valence-corrected chi connectivity index (χ1v) is 4.97. The van der Waals surface area contributed by atoms with E-state index in [0.29, 0.717) is 0 Å². The average Bonchev–Trinajstić information content (AvgIpc) is 2.25. The molecule has 0 saturated carbocycles. The highest BCUT2D eigenvalue weighted by molar-refractivity contribution is 5.68. The number of nitrogens with one attached hydrogen (secondary N) is 1. The van der Waals surface area contributed by atoms with Crippen molar-refractivity contribution in [1.82, 2.24) is 5.32 Å². The topological polar surface area (TPSA) is 130 Å². The minimum Gasteiger partial charge on any atom is -0.480 e. The molecule has 0 aromatic carbocycles. The van der Waals surface area contributed by atoms with Crippen molar-refractivity contribution in [2.75, 3.05) is 19.7 Å². The first-order valence-electron chi connectivity index (χ1n) is 4.97. The molecule has 0 aliphatic carbocycles. The van der Waals surface area contributed by atoms with Gasteiger partial charge in [-0.1, -0.05) is 6.92 Å². The molecule has 0 heterocycles. The maximum absolute atomic E-state index is 10.2. The Balaban J connectivity index is 3.97. The molecule has 0 spiro atoms. The lowest BCUT2D eigenvalue weighted by Crippen LogP contribution is -2.46. The van der Waals surface area contributed by atoms with Crippen LogP contribution in [0.5, 0.6) is 0 Å². The fraction of sp³-hybridized carbons (Fsp3) is 0.889. The summed E-state index contributed by atoms with van der Waals surface area (Å²) in [4.78, 5) is 10.2. The predicted octanol–water partition coefficient (Wildman–Crippen LogP) is -2.63. The second kappa shape index (κ2) is 7.53. The van der Waals surface area contributed by atoms with Gasteiger partial charge in [0.05, 0.1) is 18.8 Å². The van der Waals surface area contributed by atoms with Gasteiger partial charge in [0.1, 0.15) is 6.10 Å². The van der Waals surface area contributed by atoms with Crippen molar-refractivity contribution in [2.45, 2.75) is 25.2 Å². The normalized spacial score (nSPS) is 18.8. The van der Waals surface area contributed by atoms with Gasteiger partial charge in [-0.2, -0.15) is 0 Å². The van der Waals surface area contributed by atoms with Crippen LogP contribution in [0.2, 0.25) is 0 Å². The number of rotatable bonds is 8. The summed E-state index contributed by atoms with van der Waals surface area (Å²) in [5.74, 6) is -1.64. The third-order valence-corrected chi connectivity index (χ3v) is 2.24. The molecule has 6 N–H and O–H groups in total. The summed E-state index contributed by atoms with van der Waals surface area (Å²) in [5, 5.41) is 47.7. The van der Waals surface area contributed by atoms with Gasteiger partial charge in [-0.15, -0.1) is 0 Å². The zero-order chi connectivity index (χ0) is 12.7. The fourth-order valence-corrected chi connectivity index (χ4v) is 1.12. The van der Waals surface area contributed by atoms with Crippen molar-refractivity contribution < 1.29 is 30.3 Å². The zero-order valence-corrected chi connectivity index (χ0v) is 9.08. The fourth-order valence-electron chi connectivity index (χ4n) is 1.12. The van der Waals surface area contributed by atoms with Gasteiger partial charge in [0, 0.05) is 19.1 Å². The first-order chi connectivity index (χ1) is 7.40. The summed E-state index contributed by atoms with van der Waals surface area (Å²) in [7, 11) is 0. The van der Waals surface area contributed by atoms with E-state index in [0.717, 1.165) is 0 Å². The minimum absolute atomic E-state index is 0.150. The van der Waals surface area contributed by atoms with Crippen LogP contribution >= 0.6 is 0 Å². The van der Waals surface area contributed by atoms with Crippen LogP contribution in [0.4, 0.5) is 0 Å². The lowest BCUT2D eigenvalue weighted by Gasteiger charge is -2.26. The average molecular weight is 237 g/mol. The predicted molar refractivity (Wildman–Crippen MR) is 54.8 cm³/mol. The maximum atomic E-state index is 10.2. The molecule has 0 rings (SSSR count). The molecular formula is C9H19NO6. The van der Waals surface area contributed by atoms with E-state index in [2.05, 4.69) is 5.32 Å². The van der Waals surface area contributed by atoms with E-state index in [9.17, 15) is 20.1 Å². The van der Waals surface area contributed by atoms with E-state index in [1.807, 2.05) is 0 Å². The largest absolute Gasteiger partial charge is 0.480 e. The van der Waals surface area contributed by atoms with Crippen molar-refractivity contribution in [2.24, 2.45) is 5.92 Å². The Bertz CT molecular complexity index is 212. The highest BCUT2D eigenvalue weighted by Crippen LogP contribution is 2.09. The highest BCUT2D eigenvalue weighted by atomic mass is 16.4. The molecule has 16 heavy (non-hydrogen) atoms. The van der Waals surface area contributed by atoms with Crippen LogP contribution in [0, 0.1) is 5.92 Å². The lowest BCUT2D eigenvalue weighted by atomic mass is 9.97. The van der Waals surface area contributed by atoms with Crippen molar-refractivity contribution in [1.29, 1.82) is 0 Å². The Morgan fingerprint density at radius 3 is 2.25 bits per heavy atom. The molecule has 0 aliphatic rings. The van der Waals surface area contributed by atoms with Crippen LogP contribution in [-0.2, 0) is 4.79 Å². The van der Waals surface area contributed by atoms with Gasteiger partial charge >= 0.3 is 5.97 Å². The Morgan fingerprint density at radius 1 is 1.25 bits per heavy atom. The van der Waals surface area contributed by atoms with Crippen molar-refractivity contribution in [3.05, 3.63) is 0 Å². The van der Waals surface area contributed by atoms with Gasteiger partial charge in [-0.3, -0.25) is 4.79 Å². The summed E-state index contributed by atoms with van der Waals surface area (Å²) in [6.45, 7) is 0.719. The minimum atomic E-state index is -1.43. The van der Waals surface area contributed by atoms with Crippen LogP contribution in [-0.4, -0.2) is 69.5 Å². The summed E-state index contributed by atoms with van der Waals surface area (Å²) < 4.78 is 0. The quantitative estimate of drug-likeness (QED) is 0.272. The Hall–Kier alpha value is -0.730.